The zero-order valence-corrected chi connectivity index (χ0v) is 10.9. The third-order valence-electron chi connectivity index (χ3n) is 3.10. The van der Waals surface area contributed by atoms with Crippen LogP contribution < -0.4 is 10.5 Å². The van der Waals surface area contributed by atoms with Gasteiger partial charge in [-0.3, -0.25) is 4.79 Å². The summed E-state index contributed by atoms with van der Waals surface area (Å²) in [7, 11) is 0. The molecule has 5 heteroatoms. The van der Waals surface area contributed by atoms with Gasteiger partial charge in [0.15, 0.2) is 0 Å². The average molecular weight is 275 g/mol. The number of rotatable bonds is 5. The number of phenols is 1. The zero-order chi connectivity index (χ0) is 14.5. The van der Waals surface area contributed by atoms with Gasteiger partial charge in [-0.15, -0.1) is 0 Å². The van der Waals surface area contributed by atoms with E-state index in [1.807, 2.05) is 18.2 Å². The summed E-state index contributed by atoms with van der Waals surface area (Å²) in [6.07, 6.45) is 6.75. The standard InChI is InChI=1S/C15H17NO4/c16-14(15(18)19)9-10-1-5-12(6-2-10)20-13-7-3-11(17)4-8-13/h1,3-8,10,14,17H,2,9,16H2,(H,18,19)/t10?,14-/m0/s1. The van der Waals surface area contributed by atoms with Crippen molar-refractivity contribution in [3.05, 3.63) is 48.3 Å². The number of hydrogen-bond acceptors (Lipinski definition) is 4. The maximum atomic E-state index is 10.7. The van der Waals surface area contributed by atoms with Crippen LogP contribution in [0.3, 0.4) is 0 Å². The molecule has 0 aliphatic heterocycles. The maximum absolute atomic E-state index is 10.7. The van der Waals surface area contributed by atoms with Crippen molar-refractivity contribution in [3.8, 4) is 11.5 Å². The molecule has 0 fully saturated rings. The first-order chi connectivity index (χ1) is 9.54. The van der Waals surface area contributed by atoms with Gasteiger partial charge in [0.1, 0.15) is 23.3 Å². The first-order valence-corrected chi connectivity index (χ1v) is 6.38. The molecule has 0 aromatic heterocycles. The monoisotopic (exact) mass is 275 g/mol. The van der Waals surface area contributed by atoms with Gasteiger partial charge in [0.2, 0.25) is 0 Å². The molecule has 1 unspecified atom stereocenters. The SMILES string of the molecule is N[C@@H](CC1C=CC(Oc2ccc(O)cc2)=CC1)C(=O)O. The van der Waals surface area contributed by atoms with Crippen LogP contribution in [0, 0.1) is 5.92 Å². The van der Waals surface area contributed by atoms with Crippen molar-refractivity contribution in [1.82, 2.24) is 0 Å². The van der Waals surface area contributed by atoms with Gasteiger partial charge < -0.3 is 20.7 Å². The molecule has 0 heterocycles. The lowest BCUT2D eigenvalue weighted by Crippen LogP contribution is -2.32. The van der Waals surface area contributed by atoms with Crippen LogP contribution in [0.15, 0.2) is 48.3 Å². The van der Waals surface area contributed by atoms with Crippen molar-refractivity contribution in [3.63, 3.8) is 0 Å². The van der Waals surface area contributed by atoms with Gasteiger partial charge in [0.05, 0.1) is 0 Å². The number of nitrogens with two attached hydrogens (primary N) is 1. The largest absolute Gasteiger partial charge is 0.508 e. The quantitative estimate of drug-likeness (QED) is 0.764. The molecule has 1 aliphatic carbocycles. The second-order valence-corrected chi connectivity index (χ2v) is 4.74. The van der Waals surface area contributed by atoms with E-state index in [0.717, 1.165) is 0 Å². The van der Waals surface area contributed by atoms with Crippen molar-refractivity contribution in [2.24, 2.45) is 11.7 Å². The third-order valence-corrected chi connectivity index (χ3v) is 3.10. The predicted octanol–water partition coefficient (Wildman–Crippen LogP) is 2.03. The molecule has 5 nitrogen and oxygen atoms in total. The van der Waals surface area contributed by atoms with Crippen LogP contribution in [0.4, 0.5) is 0 Å². The number of ether oxygens (including phenoxy) is 1. The Morgan fingerprint density at radius 3 is 2.65 bits per heavy atom. The molecule has 0 saturated carbocycles. The molecule has 106 valence electrons. The number of carboxylic acid groups (broad SMARTS) is 1. The summed E-state index contributed by atoms with van der Waals surface area (Å²) in [6, 6.07) is 5.62. The van der Waals surface area contributed by atoms with Crippen molar-refractivity contribution >= 4 is 5.97 Å². The summed E-state index contributed by atoms with van der Waals surface area (Å²) in [5.41, 5.74) is 5.51. The summed E-state index contributed by atoms with van der Waals surface area (Å²) in [6.45, 7) is 0. The van der Waals surface area contributed by atoms with Crippen LogP contribution in [0.25, 0.3) is 0 Å². The number of carbonyl (C=O) groups is 1. The number of hydrogen-bond donors (Lipinski definition) is 3. The third kappa shape index (κ3) is 3.86. The highest BCUT2D eigenvalue weighted by molar-refractivity contribution is 5.73. The Hall–Kier alpha value is -2.27. The van der Waals surface area contributed by atoms with E-state index in [2.05, 4.69) is 0 Å². The molecular weight excluding hydrogens is 258 g/mol. The highest BCUT2D eigenvalue weighted by atomic mass is 16.5. The lowest BCUT2D eigenvalue weighted by molar-refractivity contribution is -0.138. The highest BCUT2D eigenvalue weighted by Gasteiger charge is 2.18. The summed E-state index contributed by atoms with van der Waals surface area (Å²) in [5, 5.41) is 18.0. The lowest BCUT2D eigenvalue weighted by atomic mass is 9.93. The normalized spacial score (nSPS) is 19.2. The Bertz CT molecular complexity index is 533. The molecule has 2 rings (SSSR count). The minimum Gasteiger partial charge on any atom is -0.508 e. The summed E-state index contributed by atoms with van der Waals surface area (Å²) < 4.78 is 5.63. The van der Waals surface area contributed by atoms with Crippen molar-refractivity contribution in [2.45, 2.75) is 18.9 Å². The molecule has 0 radical (unpaired) electrons. The van der Waals surface area contributed by atoms with Gasteiger partial charge >= 0.3 is 5.97 Å². The molecule has 2 atom stereocenters. The molecule has 4 N–H and O–H groups in total. The van der Waals surface area contributed by atoms with Crippen LogP contribution in [0.5, 0.6) is 11.5 Å². The second kappa shape index (κ2) is 6.25. The van der Waals surface area contributed by atoms with Crippen molar-refractivity contribution in [2.75, 3.05) is 0 Å². The minimum absolute atomic E-state index is 0.119. The molecule has 0 amide bonds. The number of aliphatic carboxylic acids is 1. The Balaban J connectivity index is 1.88. The van der Waals surface area contributed by atoms with Crippen LogP contribution in [-0.2, 0) is 4.79 Å². The molecule has 1 aromatic carbocycles. The van der Waals surface area contributed by atoms with E-state index in [4.69, 9.17) is 15.6 Å². The van der Waals surface area contributed by atoms with Crippen molar-refractivity contribution in [1.29, 1.82) is 0 Å². The van der Waals surface area contributed by atoms with E-state index in [-0.39, 0.29) is 11.7 Å². The van der Waals surface area contributed by atoms with E-state index in [1.165, 1.54) is 0 Å². The Morgan fingerprint density at radius 1 is 1.40 bits per heavy atom. The van der Waals surface area contributed by atoms with Crippen LogP contribution in [-0.4, -0.2) is 22.2 Å². The number of aromatic hydroxyl groups is 1. The fourth-order valence-electron chi connectivity index (χ4n) is 1.97. The van der Waals surface area contributed by atoms with E-state index in [0.29, 0.717) is 24.4 Å². The van der Waals surface area contributed by atoms with Crippen LogP contribution in [0.1, 0.15) is 12.8 Å². The van der Waals surface area contributed by atoms with E-state index < -0.39 is 12.0 Å². The van der Waals surface area contributed by atoms with Gasteiger partial charge in [0.25, 0.3) is 0 Å². The Morgan fingerprint density at radius 2 is 2.10 bits per heavy atom. The van der Waals surface area contributed by atoms with Crippen LogP contribution >= 0.6 is 0 Å². The van der Waals surface area contributed by atoms with Gasteiger partial charge in [-0.1, -0.05) is 6.08 Å². The number of allylic oxidation sites excluding steroid dienone is 3. The Labute approximate surface area is 117 Å². The second-order valence-electron chi connectivity index (χ2n) is 4.74. The molecular formula is C15H17NO4. The maximum Gasteiger partial charge on any atom is 0.320 e. The van der Waals surface area contributed by atoms with E-state index in [9.17, 15) is 9.90 Å². The number of carboxylic acids is 1. The summed E-state index contributed by atoms with van der Waals surface area (Å²) in [4.78, 5) is 10.7. The number of phenolic OH excluding ortho intramolecular Hbond substituents is 1. The van der Waals surface area contributed by atoms with Crippen molar-refractivity contribution < 1.29 is 19.7 Å². The fourth-order valence-corrected chi connectivity index (χ4v) is 1.97. The summed E-state index contributed by atoms with van der Waals surface area (Å²) in [5.74, 6) is 0.672. The zero-order valence-electron chi connectivity index (χ0n) is 10.9. The molecule has 1 aliphatic rings. The van der Waals surface area contributed by atoms with Crippen LogP contribution in [0.2, 0.25) is 0 Å². The first-order valence-electron chi connectivity index (χ1n) is 6.38. The van der Waals surface area contributed by atoms with Gasteiger partial charge in [-0.05, 0) is 55.2 Å². The Kier molecular flexibility index (Phi) is 4.42. The summed E-state index contributed by atoms with van der Waals surface area (Å²) >= 11 is 0. The topological polar surface area (TPSA) is 92.8 Å². The number of benzene rings is 1. The highest BCUT2D eigenvalue weighted by Crippen LogP contribution is 2.24. The molecule has 0 saturated heterocycles. The fraction of sp³-hybridized carbons (Fsp3) is 0.267. The first kappa shape index (κ1) is 14.1. The van der Waals surface area contributed by atoms with Gasteiger partial charge in [-0.25, -0.2) is 0 Å². The smallest absolute Gasteiger partial charge is 0.320 e. The molecule has 0 bridgehead atoms. The molecule has 0 spiro atoms. The molecule has 1 aromatic rings. The van der Waals surface area contributed by atoms with E-state index in [1.54, 1.807) is 24.3 Å². The minimum atomic E-state index is -0.978. The predicted molar refractivity (Wildman–Crippen MR) is 74.3 cm³/mol. The van der Waals surface area contributed by atoms with Gasteiger partial charge in [0, 0.05) is 0 Å². The van der Waals surface area contributed by atoms with E-state index >= 15 is 0 Å². The van der Waals surface area contributed by atoms with Gasteiger partial charge in [-0.2, -0.15) is 0 Å². The lowest BCUT2D eigenvalue weighted by Gasteiger charge is -2.18. The molecule has 20 heavy (non-hydrogen) atoms. The average Bonchev–Trinajstić information content (AvgIpc) is 2.43.